The zero-order valence-electron chi connectivity index (χ0n) is 16.7. The van der Waals surface area contributed by atoms with Crippen molar-refractivity contribution in [2.75, 3.05) is 20.8 Å². The lowest BCUT2D eigenvalue weighted by atomic mass is 10.2. The monoisotopic (exact) mass is 384 g/mol. The van der Waals surface area contributed by atoms with Gasteiger partial charge in [0.05, 0.1) is 27.0 Å². The van der Waals surface area contributed by atoms with E-state index >= 15 is 0 Å². The van der Waals surface area contributed by atoms with Gasteiger partial charge in [-0.2, -0.15) is 5.10 Å². The predicted octanol–water partition coefficient (Wildman–Crippen LogP) is 4.43. The summed E-state index contributed by atoms with van der Waals surface area (Å²) in [4.78, 5) is 12.2. The number of carbonyl (C=O) groups is 1. The van der Waals surface area contributed by atoms with Gasteiger partial charge in [-0.1, -0.05) is 26.2 Å². The fourth-order valence-corrected chi connectivity index (χ4v) is 2.58. The average Bonchev–Trinajstić information content (AvgIpc) is 2.74. The number of hydrogen-bond donors (Lipinski definition) is 1. The molecule has 0 atom stereocenters. The van der Waals surface area contributed by atoms with Crippen molar-refractivity contribution in [2.45, 2.75) is 32.6 Å². The molecule has 0 saturated heterocycles. The number of hydrazone groups is 1. The lowest BCUT2D eigenvalue weighted by molar-refractivity contribution is 0.0954. The number of unbranched alkanes of at least 4 members (excludes halogenated alkanes) is 3. The lowest BCUT2D eigenvalue weighted by Crippen LogP contribution is -2.17. The van der Waals surface area contributed by atoms with Crippen LogP contribution in [0.4, 0.5) is 0 Å². The summed E-state index contributed by atoms with van der Waals surface area (Å²) in [6.45, 7) is 2.92. The number of methoxy groups -OCH3 is 2. The number of amides is 1. The molecule has 0 fully saturated rings. The highest BCUT2D eigenvalue weighted by molar-refractivity contribution is 5.95. The van der Waals surface area contributed by atoms with Crippen molar-refractivity contribution in [3.8, 4) is 17.2 Å². The maximum atomic E-state index is 12.2. The molecule has 1 N–H and O–H groups in total. The molecular weight excluding hydrogens is 356 g/mol. The van der Waals surface area contributed by atoms with E-state index in [-0.39, 0.29) is 5.91 Å². The predicted molar refractivity (Wildman–Crippen MR) is 111 cm³/mol. The molecule has 0 aliphatic heterocycles. The third kappa shape index (κ3) is 6.61. The van der Waals surface area contributed by atoms with Gasteiger partial charge in [0, 0.05) is 5.56 Å². The van der Waals surface area contributed by atoms with Crippen LogP contribution in [0.2, 0.25) is 0 Å². The van der Waals surface area contributed by atoms with Crippen LogP contribution in [0.25, 0.3) is 0 Å². The first-order chi connectivity index (χ1) is 13.7. The van der Waals surface area contributed by atoms with E-state index in [1.54, 1.807) is 31.5 Å². The second-order valence-electron chi connectivity index (χ2n) is 6.25. The Morgan fingerprint density at radius 1 is 1.00 bits per heavy atom. The van der Waals surface area contributed by atoms with Crippen LogP contribution >= 0.6 is 0 Å². The molecule has 2 rings (SSSR count). The molecule has 0 aromatic heterocycles. The summed E-state index contributed by atoms with van der Waals surface area (Å²) >= 11 is 0. The number of nitrogens with zero attached hydrogens (tertiary/aromatic N) is 1. The molecular formula is C22H28N2O4. The molecule has 150 valence electrons. The van der Waals surface area contributed by atoms with E-state index in [2.05, 4.69) is 17.5 Å². The van der Waals surface area contributed by atoms with Gasteiger partial charge in [0.1, 0.15) is 5.75 Å². The normalized spacial score (nSPS) is 10.7. The smallest absolute Gasteiger partial charge is 0.271 e. The van der Waals surface area contributed by atoms with Gasteiger partial charge < -0.3 is 14.2 Å². The van der Waals surface area contributed by atoms with Crippen LogP contribution in [0.15, 0.2) is 47.6 Å². The molecule has 0 unspecified atom stereocenters. The molecule has 0 aliphatic rings. The van der Waals surface area contributed by atoms with Gasteiger partial charge in [-0.15, -0.1) is 0 Å². The Kier molecular flexibility index (Phi) is 8.85. The first-order valence-corrected chi connectivity index (χ1v) is 9.46. The fraction of sp³-hybridized carbons (Fsp3) is 0.364. The van der Waals surface area contributed by atoms with Crippen molar-refractivity contribution < 1.29 is 19.0 Å². The summed E-state index contributed by atoms with van der Waals surface area (Å²) in [5.74, 6) is 1.56. The van der Waals surface area contributed by atoms with Gasteiger partial charge in [-0.05, 0) is 54.4 Å². The first kappa shape index (κ1) is 21.3. The Balaban J connectivity index is 1.84. The molecule has 2 aromatic rings. The van der Waals surface area contributed by atoms with Crippen LogP contribution in [0.3, 0.4) is 0 Å². The van der Waals surface area contributed by atoms with Crippen LogP contribution in [0.5, 0.6) is 17.2 Å². The van der Waals surface area contributed by atoms with Gasteiger partial charge in [0.25, 0.3) is 5.91 Å². The van der Waals surface area contributed by atoms with Gasteiger partial charge in [0.15, 0.2) is 11.5 Å². The van der Waals surface area contributed by atoms with E-state index in [1.165, 1.54) is 26.4 Å². The molecule has 1 amide bonds. The highest BCUT2D eigenvalue weighted by Gasteiger charge is 2.09. The maximum Gasteiger partial charge on any atom is 0.271 e. The third-order valence-corrected chi connectivity index (χ3v) is 4.17. The highest BCUT2D eigenvalue weighted by atomic mass is 16.5. The number of hydrogen-bond acceptors (Lipinski definition) is 5. The molecule has 0 heterocycles. The Labute approximate surface area is 166 Å². The molecule has 6 nitrogen and oxygen atoms in total. The van der Waals surface area contributed by atoms with E-state index in [4.69, 9.17) is 14.2 Å². The summed E-state index contributed by atoms with van der Waals surface area (Å²) < 4.78 is 16.1. The molecule has 6 heteroatoms. The van der Waals surface area contributed by atoms with Gasteiger partial charge in [-0.25, -0.2) is 5.43 Å². The third-order valence-electron chi connectivity index (χ3n) is 4.17. The molecule has 28 heavy (non-hydrogen) atoms. The van der Waals surface area contributed by atoms with E-state index < -0.39 is 0 Å². The van der Waals surface area contributed by atoms with Crippen LogP contribution in [-0.4, -0.2) is 32.9 Å². The van der Waals surface area contributed by atoms with Crippen molar-refractivity contribution in [3.05, 3.63) is 53.6 Å². The second-order valence-corrected chi connectivity index (χ2v) is 6.25. The van der Waals surface area contributed by atoms with Crippen molar-refractivity contribution in [3.63, 3.8) is 0 Å². The molecule has 2 aromatic carbocycles. The number of nitrogens with one attached hydrogen (secondary N) is 1. The number of rotatable bonds is 11. The Hall–Kier alpha value is -3.02. The van der Waals surface area contributed by atoms with E-state index in [0.29, 0.717) is 17.1 Å². The highest BCUT2D eigenvalue weighted by Crippen LogP contribution is 2.27. The number of carbonyl (C=O) groups excluding carboxylic acids is 1. The van der Waals surface area contributed by atoms with Gasteiger partial charge >= 0.3 is 0 Å². The fourth-order valence-electron chi connectivity index (χ4n) is 2.58. The zero-order chi connectivity index (χ0) is 20.2. The molecule has 0 radical (unpaired) electrons. The van der Waals surface area contributed by atoms with Gasteiger partial charge in [-0.3, -0.25) is 4.79 Å². The van der Waals surface area contributed by atoms with E-state index in [9.17, 15) is 4.79 Å². The summed E-state index contributed by atoms with van der Waals surface area (Å²) in [6, 6.07) is 12.5. The van der Waals surface area contributed by atoms with E-state index in [1.807, 2.05) is 24.3 Å². The topological polar surface area (TPSA) is 69.2 Å². The second kappa shape index (κ2) is 11.6. The molecule has 0 bridgehead atoms. The van der Waals surface area contributed by atoms with Crippen LogP contribution in [-0.2, 0) is 0 Å². The SMILES string of the molecule is CCCCCCOc1ccc(/C=N\NC(=O)c2ccc(OC)c(OC)c2)cc1. The Morgan fingerprint density at radius 3 is 2.43 bits per heavy atom. The van der Waals surface area contributed by atoms with E-state index in [0.717, 1.165) is 24.3 Å². The minimum absolute atomic E-state index is 0.329. The quantitative estimate of drug-likeness (QED) is 0.354. The van der Waals surface area contributed by atoms with Crippen molar-refractivity contribution in [2.24, 2.45) is 5.10 Å². The Bertz CT molecular complexity index is 773. The number of ether oxygens (including phenoxy) is 3. The standard InChI is InChI=1S/C22H28N2O4/c1-4-5-6-7-14-28-19-11-8-17(9-12-19)16-23-24-22(25)18-10-13-20(26-2)21(15-18)27-3/h8-13,15-16H,4-7,14H2,1-3H3,(H,24,25)/b23-16-. The van der Waals surface area contributed by atoms with Crippen LogP contribution < -0.4 is 19.6 Å². The lowest BCUT2D eigenvalue weighted by Gasteiger charge is -2.08. The molecule has 0 aliphatic carbocycles. The molecule has 0 saturated carbocycles. The summed E-state index contributed by atoms with van der Waals surface area (Å²) in [5, 5.41) is 4.00. The average molecular weight is 384 g/mol. The molecule has 0 spiro atoms. The minimum atomic E-state index is -0.329. The largest absolute Gasteiger partial charge is 0.494 e. The summed E-state index contributed by atoms with van der Waals surface area (Å²) in [7, 11) is 3.07. The number of benzene rings is 2. The van der Waals surface area contributed by atoms with Crippen molar-refractivity contribution in [1.82, 2.24) is 5.43 Å². The van der Waals surface area contributed by atoms with Crippen molar-refractivity contribution in [1.29, 1.82) is 0 Å². The summed E-state index contributed by atoms with van der Waals surface area (Å²) in [5.41, 5.74) is 3.81. The first-order valence-electron chi connectivity index (χ1n) is 9.46. The maximum absolute atomic E-state index is 12.2. The van der Waals surface area contributed by atoms with Gasteiger partial charge in [0.2, 0.25) is 0 Å². The summed E-state index contributed by atoms with van der Waals surface area (Å²) in [6.07, 6.45) is 6.31. The van der Waals surface area contributed by atoms with Crippen molar-refractivity contribution >= 4 is 12.1 Å². The zero-order valence-corrected chi connectivity index (χ0v) is 16.7. The minimum Gasteiger partial charge on any atom is -0.494 e. The Morgan fingerprint density at radius 2 is 1.75 bits per heavy atom. The van der Waals surface area contributed by atoms with Crippen LogP contribution in [0, 0.1) is 0 Å². The van der Waals surface area contributed by atoms with Crippen LogP contribution in [0.1, 0.15) is 48.5 Å².